The number of aromatic hydroxyl groups is 1. The maximum absolute atomic E-state index is 12.0. The average Bonchev–Trinajstić information content (AvgIpc) is 2.87. The molecule has 2 aromatic heterocycles. The van der Waals surface area contributed by atoms with Crippen molar-refractivity contribution in [2.45, 2.75) is 6.42 Å². The van der Waals surface area contributed by atoms with Gasteiger partial charge in [-0.3, -0.25) is 4.79 Å². The van der Waals surface area contributed by atoms with Gasteiger partial charge in [0.05, 0.1) is 12.3 Å². The number of nitrogens with one attached hydrogen (secondary N) is 2. The van der Waals surface area contributed by atoms with Crippen LogP contribution in [0.5, 0.6) is 11.5 Å². The third-order valence-corrected chi connectivity index (χ3v) is 4.04. The van der Waals surface area contributed by atoms with Crippen LogP contribution >= 0.6 is 0 Å². The summed E-state index contributed by atoms with van der Waals surface area (Å²) in [4.78, 5) is 28.9. The van der Waals surface area contributed by atoms with Gasteiger partial charge in [-0.15, -0.1) is 0 Å². The fourth-order valence-electron chi connectivity index (χ4n) is 2.96. The van der Waals surface area contributed by atoms with Crippen molar-refractivity contribution in [1.82, 2.24) is 9.97 Å². The Morgan fingerprint density at radius 2 is 2.13 bits per heavy atom. The lowest BCUT2D eigenvalue weighted by Gasteiger charge is -2.11. The summed E-state index contributed by atoms with van der Waals surface area (Å²) in [7, 11) is 0. The molecule has 0 saturated heterocycles. The van der Waals surface area contributed by atoms with Gasteiger partial charge in [-0.25, -0.2) is 4.79 Å². The van der Waals surface area contributed by atoms with Crippen LogP contribution in [-0.4, -0.2) is 32.8 Å². The van der Waals surface area contributed by atoms with E-state index in [1.165, 1.54) is 0 Å². The number of carbonyl (C=O) groups is 1. The van der Waals surface area contributed by atoms with Gasteiger partial charge in [0.25, 0.3) is 5.56 Å². The highest BCUT2D eigenvalue weighted by Crippen LogP contribution is 2.39. The summed E-state index contributed by atoms with van der Waals surface area (Å²) < 4.78 is 5.71. The monoisotopic (exact) mass is 312 g/mol. The first-order valence-electron chi connectivity index (χ1n) is 7.02. The first-order valence-corrected chi connectivity index (χ1v) is 7.02. The quantitative estimate of drug-likeness (QED) is 0.547. The number of rotatable bonds is 1. The molecule has 1 aromatic carbocycles. The summed E-state index contributed by atoms with van der Waals surface area (Å²) in [5.74, 6) is -1.38. The lowest BCUT2D eigenvalue weighted by molar-refractivity contribution is 0.0691. The van der Waals surface area contributed by atoms with Gasteiger partial charge in [-0.1, -0.05) is 0 Å². The Kier molecular flexibility index (Phi) is 2.71. The first-order chi connectivity index (χ1) is 11.1. The summed E-state index contributed by atoms with van der Waals surface area (Å²) in [6.07, 6.45) is 2.08. The molecule has 4 rings (SSSR count). The number of pyridine rings is 1. The summed E-state index contributed by atoms with van der Waals surface area (Å²) in [5, 5.41) is 20.3. The molecule has 0 fully saturated rings. The predicted octanol–water partition coefficient (Wildman–Crippen LogP) is 1.86. The third-order valence-electron chi connectivity index (χ3n) is 4.04. The molecule has 1 aliphatic heterocycles. The minimum atomic E-state index is -1.46. The van der Waals surface area contributed by atoms with Crippen molar-refractivity contribution in [3.8, 4) is 22.8 Å². The second-order valence-corrected chi connectivity index (χ2v) is 5.35. The number of carboxylic acids is 1. The van der Waals surface area contributed by atoms with Crippen LogP contribution in [-0.2, 0) is 6.42 Å². The van der Waals surface area contributed by atoms with Gasteiger partial charge < -0.3 is 24.9 Å². The Morgan fingerprint density at radius 3 is 2.91 bits per heavy atom. The molecule has 116 valence electrons. The smallest absolute Gasteiger partial charge is 0.345 e. The largest absolute Gasteiger partial charge is 0.506 e. The van der Waals surface area contributed by atoms with Crippen molar-refractivity contribution in [2.75, 3.05) is 6.61 Å². The molecule has 0 bridgehead atoms. The fourth-order valence-corrected chi connectivity index (χ4v) is 2.96. The van der Waals surface area contributed by atoms with Crippen LogP contribution in [0.2, 0.25) is 0 Å². The number of aromatic amines is 2. The summed E-state index contributed by atoms with van der Waals surface area (Å²) in [5.41, 5.74) is 0.731. The van der Waals surface area contributed by atoms with Gasteiger partial charge in [0.1, 0.15) is 11.5 Å². The minimum Gasteiger partial charge on any atom is -0.506 e. The predicted molar refractivity (Wildman–Crippen MR) is 82.2 cm³/mol. The lowest BCUT2D eigenvalue weighted by atomic mass is 10.00. The zero-order chi connectivity index (χ0) is 16.1. The van der Waals surface area contributed by atoms with Crippen LogP contribution in [0.15, 0.2) is 29.2 Å². The van der Waals surface area contributed by atoms with E-state index in [4.69, 9.17) is 9.84 Å². The molecule has 0 spiro atoms. The van der Waals surface area contributed by atoms with E-state index in [0.29, 0.717) is 29.0 Å². The molecule has 0 aliphatic carbocycles. The van der Waals surface area contributed by atoms with Crippen LogP contribution in [0.3, 0.4) is 0 Å². The molecule has 7 heteroatoms. The second kappa shape index (κ2) is 4.64. The number of hydrogen-bond donors (Lipinski definition) is 4. The number of fused-ring (bicyclic) bond motifs is 4. The molecule has 1 aliphatic rings. The SMILES string of the molecule is O=C(O)c1c(O)c2c([nH]c1=O)-c1cc3[nH]ccc3cc1OCC2. The number of aromatic carboxylic acids is 1. The molecule has 3 aromatic rings. The van der Waals surface area contributed by atoms with E-state index in [9.17, 15) is 14.7 Å². The topological polar surface area (TPSA) is 115 Å². The van der Waals surface area contributed by atoms with E-state index in [1.54, 1.807) is 6.20 Å². The summed E-state index contributed by atoms with van der Waals surface area (Å²) >= 11 is 0. The third kappa shape index (κ3) is 1.90. The maximum Gasteiger partial charge on any atom is 0.345 e. The van der Waals surface area contributed by atoms with Gasteiger partial charge in [0, 0.05) is 34.6 Å². The zero-order valence-corrected chi connectivity index (χ0v) is 11.8. The van der Waals surface area contributed by atoms with Crippen molar-refractivity contribution in [1.29, 1.82) is 0 Å². The number of carboxylic acid groups (broad SMARTS) is 1. The first kappa shape index (κ1) is 13.4. The molecule has 0 unspecified atom stereocenters. The Balaban J connectivity index is 2.08. The number of benzene rings is 1. The number of H-pyrrole nitrogens is 2. The molecule has 3 heterocycles. The molecule has 7 nitrogen and oxygen atoms in total. The molecule has 0 radical (unpaired) electrons. The number of aromatic nitrogens is 2. The minimum absolute atomic E-state index is 0.272. The molecule has 4 N–H and O–H groups in total. The van der Waals surface area contributed by atoms with E-state index >= 15 is 0 Å². The van der Waals surface area contributed by atoms with Crippen molar-refractivity contribution in [3.63, 3.8) is 0 Å². The highest BCUT2D eigenvalue weighted by atomic mass is 16.5. The standard InChI is InChI=1S/C16H12N2O5/c19-14-8-2-4-23-11-5-7-1-3-17-10(7)6-9(11)13(8)18-15(20)12(14)16(21)22/h1,3,5-6,17H,2,4H2,(H,21,22)(H2,18,19,20). The molecule has 0 amide bonds. The van der Waals surface area contributed by atoms with Crippen LogP contribution in [0.25, 0.3) is 22.2 Å². The van der Waals surface area contributed by atoms with Crippen LogP contribution in [0.4, 0.5) is 0 Å². The summed E-state index contributed by atoms with van der Waals surface area (Å²) in [6, 6.07) is 5.56. The highest BCUT2D eigenvalue weighted by molar-refractivity contribution is 5.93. The molecule has 23 heavy (non-hydrogen) atoms. The van der Waals surface area contributed by atoms with Crippen molar-refractivity contribution in [3.05, 3.63) is 45.9 Å². The van der Waals surface area contributed by atoms with Gasteiger partial charge in [-0.2, -0.15) is 0 Å². The van der Waals surface area contributed by atoms with Gasteiger partial charge >= 0.3 is 5.97 Å². The molecular formula is C16H12N2O5. The normalized spacial score (nSPS) is 13.0. The second-order valence-electron chi connectivity index (χ2n) is 5.35. The Bertz CT molecular complexity index is 1020. The van der Waals surface area contributed by atoms with E-state index in [2.05, 4.69) is 9.97 Å². The van der Waals surface area contributed by atoms with Crippen molar-refractivity contribution >= 4 is 16.9 Å². The average molecular weight is 312 g/mol. The molecular weight excluding hydrogens is 300 g/mol. The van der Waals surface area contributed by atoms with Crippen LogP contribution in [0.1, 0.15) is 15.9 Å². The van der Waals surface area contributed by atoms with Crippen LogP contribution < -0.4 is 10.3 Å². The maximum atomic E-state index is 12.0. The zero-order valence-electron chi connectivity index (χ0n) is 11.8. The van der Waals surface area contributed by atoms with Gasteiger partial charge in [0.15, 0.2) is 5.56 Å². The van der Waals surface area contributed by atoms with Gasteiger partial charge in [-0.05, 0) is 18.2 Å². The summed E-state index contributed by atoms with van der Waals surface area (Å²) in [6.45, 7) is 0.272. The molecule has 0 saturated carbocycles. The number of ether oxygens (including phenoxy) is 1. The van der Waals surface area contributed by atoms with E-state index in [0.717, 1.165) is 10.9 Å². The highest BCUT2D eigenvalue weighted by Gasteiger charge is 2.26. The Morgan fingerprint density at radius 1 is 1.30 bits per heavy atom. The lowest BCUT2D eigenvalue weighted by Crippen LogP contribution is -2.20. The molecule has 0 atom stereocenters. The Hall–Kier alpha value is -3.22. The fraction of sp³-hybridized carbons (Fsp3) is 0.125. The van der Waals surface area contributed by atoms with Crippen molar-refractivity contribution in [2.24, 2.45) is 0 Å². The van der Waals surface area contributed by atoms with E-state index < -0.39 is 22.8 Å². The van der Waals surface area contributed by atoms with E-state index in [1.807, 2.05) is 18.2 Å². The van der Waals surface area contributed by atoms with Crippen LogP contribution in [0, 0.1) is 0 Å². The van der Waals surface area contributed by atoms with Gasteiger partial charge in [0.2, 0.25) is 0 Å². The van der Waals surface area contributed by atoms with E-state index in [-0.39, 0.29) is 6.61 Å². The van der Waals surface area contributed by atoms with Crippen molar-refractivity contribution < 1.29 is 19.7 Å². The Labute approximate surface area is 129 Å². The number of hydrogen-bond acceptors (Lipinski definition) is 4.